The number of rotatable bonds is 3. The maximum Gasteiger partial charge on any atom is 0.416 e. The fourth-order valence-electron chi connectivity index (χ4n) is 4.19. The van der Waals surface area contributed by atoms with Crippen LogP contribution >= 0.6 is 0 Å². The van der Waals surface area contributed by atoms with Crippen LogP contribution < -0.4 is 4.90 Å². The maximum absolute atomic E-state index is 14.0. The van der Waals surface area contributed by atoms with Gasteiger partial charge in [-0.25, -0.2) is 9.18 Å². The van der Waals surface area contributed by atoms with E-state index in [1.807, 2.05) is 26.0 Å². The Kier molecular flexibility index (Phi) is 7.34. The van der Waals surface area contributed by atoms with Gasteiger partial charge in [0.05, 0.1) is 23.8 Å². The van der Waals surface area contributed by atoms with E-state index in [0.717, 1.165) is 23.3 Å². The van der Waals surface area contributed by atoms with Crippen molar-refractivity contribution in [1.82, 2.24) is 4.90 Å². The first-order chi connectivity index (χ1) is 16.2. The van der Waals surface area contributed by atoms with Crippen LogP contribution in [0, 0.1) is 31.1 Å². The Morgan fingerprint density at radius 2 is 1.80 bits per heavy atom. The molecule has 0 saturated carbocycles. The number of anilines is 1. The number of benzene rings is 2. The van der Waals surface area contributed by atoms with Crippen molar-refractivity contribution in [3.05, 3.63) is 64.0 Å². The number of carbonyl (C=O) groups is 1. The van der Waals surface area contributed by atoms with Gasteiger partial charge in [0.25, 0.3) is 0 Å². The number of amides is 1. The smallest absolute Gasteiger partial charge is 0.416 e. The van der Waals surface area contributed by atoms with Crippen LogP contribution in [-0.2, 0) is 17.5 Å². The van der Waals surface area contributed by atoms with Crippen molar-refractivity contribution in [2.24, 2.45) is 0 Å². The van der Waals surface area contributed by atoms with Crippen molar-refractivity contribution >= 4 is 11.8 Å². The zero-order valence-electron chi connectivity index (χ0n) is 20.5. The molecule has 0 bridgehead atoms. The fraction of sp³-hybridized carbons (Fsp3) is 0.462. The van der Waals surface area contributed by atoms with E-state index < -0.39 is 35.3 Å². The second-order valence-corrected chi connectivity index (χ2v) is 9.86. The zero-order valence-corrected chi connectivity index (χ0v) is 20.5. The predicted molar refractivity (Wildman–Crippen MR) is 124 cm³/mol. The molecule has 0 spiro atoms. The molecule has 1 amide bonds. The Labute approximate surface area is 202 Å². The minimum Gasteiger partial charge on any atom is -0.443 e. The Hall–Kier alpha value is -3.28. The van der Waals surface area contributed by atoms with E-state index in [1.54, 1.807) is 25.7 Å². The first-order valence-corrected chi connectivity index (χ1v) is 11.3. The quantitative estimate of drug-likeness (QED) is 0.263. The summed E-state index contributed by atoms with van der Waals surface area (Å²) >= 11 is 0. The summed E-state index contributed by atoms with van der Waals surface area (Å²) in [5, 5.41) is 9.96. The van der Waals surface area contributed by atoms with Gasteiger partial charge in [-0.05, 0) is 94.0 Å². The van der Waals surface area contributed by atoms with Crippen LogP contribution in [0.15, 0.2) is 30.3 Å². The number of nitrogens with zero attached hydrogens (tertiary/aromatic N) is 3. The number of aryl methyl sites for hydroxylation is 2. The van der Waals surface area contributed by atoms with Crippen molar-refractivity contribution in [3.8, 4) is 6.19 Å². The van der Waals surface area contributed by atoms with Crippen LogP contribution in [0.5, 0.6) is 0 Å². The monoisotopic (exact) mass is 491 g/mol. The summed E-state index contributed by atoms with van der Waals surface area (Å²) in [6, 6.07) is 5.55. The van der Waals surface area contributed by atoms with Gasteiger partial charge in [-0.3, -0.25) is 9.80 Å². The first-order valence-electron chi connectivity index (χ1n) is 11.3. The summed E-state index contributed by atoms with van der Waals surface area (Å²) in [7, 11) is 0. The molecule has 0 aliphatic carbocycles. The molecule has 3 rings (SSSR count). The van der Waals surface area contributed by atoms with Gasteiger partial charge >= 0.3 is 12.3 Å². The molecule has 2 aromatic rings. The lowest BCUT2D eigenvalue weighted by atomic mass is 9.95. The van der Waals surface area contributed by atoms with Crippen LogP contribution in [-0.4, -0.2) is 23.1 Å². The van der Waals surface area contributed by atoms with Crippen molar-refractivity contribution in [1.29, 1.82) is 5.26 Å². The molecule has 1 heterocycles. The molecule has 188 valence electrons. The summed E-state index contributed by atoms with van der Waals surface area (Å²) in [5.41, 5.74) is 1.43. The minimum atomic E-state index is -4.70. The standard InChI is InChI=1S/C26H29F4N3O2/c1-16-9-21-22(32(15-31)14-18-11-19(26(28,29)30)13-20(27)12-18)7-6-8-33(23(21)10-17(16)2)24(34)35-25(3,4)5/h9-13,22H,6-8,14H2,1-5H3/t22-/m0/s1. The average Bonchev–Trinajstić information content (AvgIpc) is 2.90. The molecule has 0 aromatic heterocycles. The normalized spacial score (nSPS) is 16.2. The molecule has 1 aliphatic heterocycles. The van der Waals surface area contributed by atoms with Crippen LogP contribution in [0.1, 0.15) is 67.5 Å². The third-order valence-corrected chi connectivity index (χ3v) is 5.91. The van der Waals surface area contributed by atoms with Gasteiger partial charge in [0.15, 0.2) is 6.19 Å². The fourth-order valence-corrected chi connectivity index (χ4v) is 4.19. The van der Waals surface area contributed by atoms with E-state index in [2.05, 4.69) is 6.19 Å². The van der Waals surface area contributed by atoms with E-state index >= 15 is 0 Å². The molecule has 5 nitrogen and oxygen atoms in total. The molecule has 9 heteroatoms. The van der Waals surface area contributed by atoms with E-state index in [4.69, 9.17) is 4.74 Å². The van der Waals surface area contributed by atoms with Gasteiger partial charge in [0, 0.05) is 6.54 Å². The lowest BCUT2D eigenvalue weighted by Gasteiger charge is -2.30. The largest absolute Gasteiger partial charge is 0.443 e. The Morgan fingerprint density at radius 1 is 1.14 bits per heavy atom. The van der Waals surface area contributed by atoms with Crippen LogP contribution in [0.4, 0.5) is 28.0 Å². The van der Waals surface area contributed by atoms with E-state index in [-0.39, 0.29) is 12.1 Å². The third kappa shape index (κ3) is 6.24. The minimum absolute atomic E-state index is 0.0394. The highest BCUT2D eigenvalue weighted by atomic mass is 19.4. The van der Waals surface area contributed by atoms with Crippen molar-refractivity contribution in [2.75, 3.05) is 11.4 Å². The number of alkyl halides is 3. The number of carbonyl (C=O) groups excluding carboxylic acids is 1. The van der Waals surface area contributed by atoms with E-state index in [0.29, 0.717) is 36.7 Å². The van der Waals surface area contributed by atoms with Gasteiger partial charge in [0.1, 0.15) is 11.4 Å². The Morgan fingerprint density at radius 3 is 2.40 bits per heavy atom. The average molecular weight is 492 g/mol. The summed E-state index contributed by atoms with van der Waals surface area (Å²) in [6.45, 7) is 9.30. The van der Waals surface area contributed by atoms with Crippen LogP contribution in [0.2, 0.25) is 0 Å². The molecule has 1 aliphatic rings. The first kappa shape index (κ1) is 26.3. The molecule has 0 saturated heterocycles. The van der Waals surface area contributed by atoms with Crippen molar-refractivity contribution in [3.63, 3.8) is 0 Å². The molecule has 35 heavy (non-hydrogen) atoms. The summed E-state index contributed by atoms with van der Waals surface area (Å²) in [6.07, 6.45) is -2.12. The van der Waals surface area contributed by atoms with Gasteiger partial charge in [-0.1, -0.05) is 6.07 Å². The summed E-state index contributed by atoms with van der Waals surface area (Å²) in [4.78, 5) is 15.9. The molecule has 0 unspecified atom stereocenters. The lowest BCUT2D eigenvalue weighted by molar-refractivity contribution is -0.137. The van der Waals surface area contributed by atoms with Gasteiger partial charge in [-0.15, -0.1) is 0 Å². The lowest BCUT2D eigenvalue weighted by Crippen LogP contribution is -2.37. The van der Waals surface area contributed by atoms with Crippen molar-refractivity contribution in [2.45, 2.75) is 71.8 Å². The Bertz CT molecular complexity index is 1150. The number of hydrogen-bond acceptors (Lipinski definition) is 4. The maximum atomic E-state index is 14.0. The summed E-state index contributed by atoms with van der Waals surface area (Å²) < 4.78 is 59.2. The number of ether oxygens (including phenoxy) is 1. The number of fused-ring (bicyclic) bond motifs is 1. The molecule has 0 fully saturated rings. The second-order valence-electron chi connectivity index (χ2n) is 9.86. The summed E-state index contributed by atoms with van der Waals surface area (Å²) in [5.74, 6) is -1.02. The van der Waals surface area contributed by atoms with Gasteiger partial charge < -0.3 is 4.74 Å². The number of halogens is 4. The Balaban J connectivity index is 2.03. The van der Waals surface area contributed by atoms with E-state index in [9.17, 15) is 27.6 Å². The number of nitriles is 1. The predicted octanol–water partition coefficient (Wildman–Crippen LogP) is 7.02. The van der Waals surface area contributed by atoms with Gasteiger partial charge in [-0.2, -0.15) is 18.4 Å². The third-order valence-electron chi connectivity index (χ3n) is 5.91. The molecule has 0 radical (unpaired) electrons. The topological polar surface area (TPSA) is 56.6 Å². The highest BCUT2D eigenvalue weighted by Gasteiger charge is 2.34. The van der Waals surface area contributed by atoms with E-state index in [1.165, 1.54) is 4.90 Å². The highest BCUT2D eigenvalue weighted by molar-refractivity contribution is 5.89. The van der Waals surface area contributed by atoms with Crippen LogP contribution in [0.25, 0.3) is 0 Å². The van der Waals surface area contributed by atoms with Gasteiger partial charge in [0.2, 0.25) is 0 Å². The molecular weight excluding hydrogens is 462 g/mol. The number of hydrogen-bond donors (Lipinski definition) is 0. The molecule has 2 aromatic carbocycles. The van der Waals surface area contributed by atoms with Crippen molar-refractivity contribution < 1.29 is 27.1 Å². The highest BCUT2D eigenvalue weighted by Crippen LogP contribution is 2.40. The molecule has 1 atom stereocenters. The SMILES string of the molecule is Cc1cc2c(cc1C)N(C(=O)OC(C)(C)C)CCC[C@@H]2N(C#N)Cc1cc(F)cc(C(F)(F)F)c1. The molecular formula is C26H29F4N3O2. The molecule has 0 N–H and O–H groups in total. The van der Waals surface area contributed by atoms with Crippen LogP contribution in [0.3, 0.4) is 0 Å². The zero-order chi connectivity index (χ0) is 26.1. The second kappa shape index (κ2) is 9.76.